The van der Waals surface area contributed by atoms with Crippen LogP contribution in [0.4, 0.5) is 10.5 Å². The van der Waals surface area contributed by atoms with Gasteiger partial charge in [-0.3, -0.25) is 0 Å². The first-order chi connectivity index (χ1) is 11.7. The Labute approximate surface area is 141 Å². The summed E-state index contributed by atoms with van der Waals surface area (Å²) in [5.74, 6) is 0. The van der Waals surface area contributed by atoms with Crippen molar-refractivity contribution in [1.29, 1.82) is 0 Å². The van der Waals surface area contributed by atoms with E-state index in [9.17, 15) is 9.90 Å². The molecule has 0 aromatic heterocycles. The Hall–Kier alpha value is -2.53. The van der Waals surface area contributed by atoms with Gasteiger partial charge in [0.25, 0.3) is 0 Å². The summed E-state index contributed by atoms with van der Waals surface area (Å²) >= 11 is 0. The summed E-state index contributed by atoms with van der Waals surface area (Å²) in [6.45, 7) is 2.12. The summed E-state index contributed by atoms with van der Waals surface area (Å²) in [6, 6.07) is 17.5. The summed E-state index contributed by atoms with van der Waals surface area (Å²) in [7, 11) is 0. The quantitative estimate of drug-likeness (QED) is 0.887. The number of hydrogen-bond donors (Lipinski definition) is 2. The number of rotatable bonds is 5. The maximum atomic E-state index is 11.9. The second-order valence-electron chi connectivity index (χ2n) is 5.93. The van der Waals surface area contributed by atoms with Crippen molar-refractivity contribution in [2.75, 3.05) is 18.0 Å². The molecule has 5 nitrogen and oxygen atoms in total. The third-order valence-corrected chi connectivity index (χ3v) is 4.13. The minimum atomic E-state index is -0.435. The highest BCUT2D eigenvalue weighted by molar-refractivity contribution is 5.68. The van der Waals surface area contributed by atoms with Crippen LogP contribution in [-0.4, -0.2) is 30.4 Å². The van der Waals surface area contributed by atoms with Gasteiger partial charge in [-0.25, -0.2) is 4.79 Å². The van der Waals surface area contributed by atoms with Crippen LogP contribution in [0.5, 0.6) is 0 Å². The smallest absolute Gasteiger partial charge is 0.407 e. The number of anilines is 1. The zero-order valence-corrected chi connectivity index (χ0v) is 13.5. The number of para-hydroxylation sites is 1. The molecule has 2 aromatic rings. The van der Waals surface area contributed by atoms with Crippen LogP contribution in [0.1, 0.15) is 17.5 Å². The molecule has 1 saturated heterocycles. The van der Waals surface area contributed by atoms with E-state index in [2.05, 4.69) is 10.2 Å². The first-order valence-corrected chi connectivity index (χ1v) is 8.18. The van der Waals surface area contributed by atoms with Crippen LogP contribution in [0.25, 0.3) is 0 Å². The van der Waals surface area contributed by atoms with Crippen molar-refractivity contribution >= 4 is 11.8 Å². The molecule has 126 valence electrons. The normalized spacial score (nSPS) is 16.9. The van der Waals surface area contributed by atoms with Gasteiger partial charge in [-0.15, -0.1) is 0 Å². The van der Waals surface area contributed by atoms with Crippen molar-refractivity contribution in [1.82, 2.24) is 5.32 Å². The molecule has 1 heterocycles. The van der Waals surface area contributed by atoms with Crippen LogP contribution in [0.3, 0.4) is 0 Å². The highest BCUT2D eigenvalue weighted by Gasteiger charge is 2.22. The highest BCUT2D eigenvalue weighted by atomic mass is 16.5. The van der Waals surface area contributed by atoms with E-state index in [0.717, 1.165) is 29.8 Å². The van der Waals surface area contributed by atoms with Gasteiger partial charge in [-0.05, 0) is 23.6 Å². The van der Waals surface area contributed by atoms with E-state index < -0.39 is 6.09 Å². The zero-order chi connectivity index (χ0) is 16.8. The Morgan fingerprint density at radius 3 is 2.67 bits per heavy atom. The summed E-state index contributed by atoms with van der Waals surface area (Å²) < 4.78 is 5.23. The molecule has 0 aliphatic carbocycles. The van der Waals surface area contributed by atoms with Gasteiger partial charge in [-0.2, -0.15) is 0 Å². The van der Waals surface area contributed by atoms with Crippen LogP contribution in [-0.2, 0) is 17.9 Å². The predicted molar refractivity (Wildman–Crippen MR) is 92.7 cm³/mol. The van der Waals surface area contributed by atoms with Crippen molar-refractivity contribution < 1.29 is 14.6 Å². The van der Waals surface area contributed by atoms with Crippen LogP contribution < -0.4 is 10.2 Å². The lowest BCUT2D eigenvalue weighted by Crippen LogP contribution is -2.27. The van der Waals surface area contributed by atoms with E-state index in [1.807, 2.05) is 54.6 Å². The topological polar surface area (TPSA) is 61.8 Å². The molecule has 2 N–H and O–H groups in total. The number of aliphatic hydroxyl groups is 1. The summed E-state index contributed by atoms with van der Waals surface area (Å²) in [5, 5.41) is 12.5. The third kappa shape index (κ3) is 4.26. The monoisotopic (exact) mass is 326 g/mol. The number of amides is 1. The Balaban J connectivity index is 1.54. The molecule has 1 amide bonds. The van der Waals surface area contributed by atoms with Gasteiger partial charge in [0.1, 0.15) is 6.61 Å². The molecule has 1 unspecified atom stereocenters. The minimum Gasteiger partial charge on any atom is -0.445 e. The molecule has 24 heavy (non-hydrogen) atoms. The number of benzene rings is 2. The number of alkyl carbamates (subject to hydrolysis) is 1. The van der Waals surface area contributed by atoms with Gasteiger partial charge in [0.15, 0.2) is 0 Å². The van der Waals surface area contributed by atoms with E-state index >= 15 is 0 Å². The van der Waals surface area contributed by atoms with Gasteiger partial charge < -0.3 is 20.1 Å². The van der Waals surface area contributed by atoms with Crippen molar-refractivity contribution in [3.63, 3.8) is 0 Å². The van der Waals surface area contributed by atoms with Gasteiger partial charge in [0.2, 0.25) is 0 Å². The number of hydrogen-bond acceptors (Lipinski definition) is 4. The molecule has 0 radical (unpaired) electrons. The number of carbonyl (C=O) groups excluding carboxylic acids is 1. The van der Waals surface area contributed by atoms with Crippen molar-refractivity contribution in [3.8, 4) is 0 Å². The average molecular weight is 326 g/mol. The molecule has 1 aliphatic heterocycles. The number of nitrogens with one attached hydrogen (secondary N) is 1. The molecule has 0 spiro atoms. The summed E-state index contributed by atoms with van der Waals surface area (Å²) in [6.07, 6.45) is 0.0675. The van der Waals surface area contributed by atoms with E-state index in [1.54, 1.807) is 0 Å². The van der Waals surface area contributed by atoms with Crippen LogP contribution in [0, 0.1) is 0 Å². The Morgan fingerprint density at radius 2 is 1.92 bits per heavy atom. The number of carbonyl (C=O) groups is 1. The first-order valence-electron chi connectivity index (χ1n) is 8.18. The number of ether oxygens (including phenoxy) is 1. The lowest BCUT2D eigenvalue weighted by Gasteiger charge is -2.21. The minimum absolute atomic E-state index is 0.257. The Morgan fingerprint density at radius 1 is 1.17 bits per heavy atom. The van der Waals surface area contributed by atoms with E-state index in [4.69, 9.17) is 4.74 Å². The molecule has 1 fully saturated rings. The van der Waals surface area contributed by atoms with Crippen LogP contribution in [0.15, 0.2) is 54.6 Å². The predicted octanol–water partition coefficient (Wildman–Crippen LogP) is 2.68. The molecule has 5 heteroatoms. The number of nitrogens with zero attached hydrogens (tertiary/aromatic N) is 1. The Kier molecular flexibility index (Phi) is 5.33. The van der Waals surface area contributed by atoms with Gasteiger partial charge in [-0.1, -0.05) is 48.5 Å². The molecule has 3 rings (SSSR count). The maximum absolute atomic E-state index is 11.9. The van der Waals surface area contributed by atoms with E-state index in [0.29, 0.717) is 13.1 Å². The molecular formula is C19H22N2O3. The fourth-order valence-corrected chi connectivity index (χ4v) is 2.87. The SMILES string of the molecule is O=C(NCc1ccccc1N1CCC(O)C1)OCc1ccccc1. The lowest BCUT2D eigenvalue weighted by molar-refractivity contribution is 0.139. The fourth-order valence-electron chi connectivity index (χ4n) is 2.87. The number of β-amino-alcohol motifs (C(OH)–C–C–N with tert-alkyl or cyclic N) is 1. The van der Waals surface area contributed by atoms with Gasteiger partial charge in [0, 0.05) is 25.3 Å². The van der Waals surface area contributed by atoms with Gasteiger partial charge in [0.05, 0.1) is 6.10 Å². The van der Waals surface area contributed by atoms with Crippen LogP contribution >= 0.6 is 0 Å². The first kappa shape index (κ1) is 16.3. The highest BCUT2D eigenvalue weighted by Crippen LogP contribution is 2.24. The average Bonchev–Trinajstić information content (AvgIpc) is 3.05. The summed E-state index contributed by atoms with van der Waals surface area (Å²) in [4.78, 5) is 14.0. The lowest BCUT2D eigenvalue weighted by atomic mass is 10.1. The zero-order valence-electron chi connectivity index (χ0n) is 13.5. The molecule has 1 atom stereocenters. The second kappa shape index (κ2) is 7.84. The largest absolute Gasteiger partial charge is 0.445 e. The fraction of sp³-hybridized carbons (Fsp3) is 0.316. The second-order valence-corrected chi connectivity index (χ2v) is 5.93. The third-order valence-electron chi connectivity index (χ3n) is 4.13. The molecule has 2 aromatic carbocycles. The van der Waals surface area contributed by atoms with E-state index in [-0.39, 0.29) is 12.7 Å². The number of aliphatic hydroxyl groups excluding tert-OH is 1. The van der Waals surface area contributed by atoms with E-state index in [1.165, 1.54) is 0 Å². The van der Waals surface area contributed by atoms with Crippen LogP contribution in [0.2, 0.25) is 0 Å². The maximum Gasteiger partial charge on any atom is 0.407 e. The standard InChI is InChI=1S/C19H22N2O3/c22-17-10-11-21(13-17)18-9-5-4-8-16(18)12-20-19(23)24-14-15-6-2-1-3-7-15/h1-9,17,22H,10-14H2,(H,20,23). The molecule has 0 saturated carbocycles. The summed E-state index contributed by atoms with van der Waals surface area (Å²) in [5.41, 5.74) is 3.03. The molecule has 0 bridgehead atoms. The Bertz CT molecular complexity index is 675. The van der Waals surface area contributed by atoms with Crippen molar-refractivity contribution in [3.05, 3.63) is 65.7 Å². The van der Waals surface area contributed by atoms with Gasteiger partial charge >= 0.3 is 6.09 Å². The molecule has 1 aliphatic rings. The molecular weight excluding hydrogens is 304 g/mol. The van der Waals surface area contributed by atoms with Crippen molar-refractivity contribution in [2.24, 2.45) is 0 Å². The van der Waals surface area contributed by atoms with Crippen molar-refractivity contribution in [2.45, 2.75) is 25.7 Å².